The van der Waals surface area contributed by atoms with Gasteiger partial charge in [-0.3, -0.25) is 0 Å². The maximum absolute atomic E-state index is 10.1. The molecule has 0 unspecified atom stereocenters. The summed E-state index contributed by atoms with van der Waals surface area (Å²) in [6.45, 7) is 12.6. The number of phenolic OH excluding ortho intramolecular Hbond substituents is 2. The lowest BCUT2D eigenvalue weighted by molar-refractivity contribution is 0.466. The quantitative estimate of drug-likeness (QED) is 0.238. The first-order valence-corrected chi connectivity index (χ1v) is 16.4. The molecule has 0 bridgehead atoms. The molecule has 0 aliphatic heterocycles. The zero-order chi connectivity index (χ0) is 23.0. The van der Waals surface area contributed by atoms with E-state index in [4.69, 9.17) is 0 Å². The average molecular weight is 477 g/mol. The van der Waals surface area contributed by atoms with E-state index < -0.39 is 8.07 Å². The Labute approximate surface area is 199 Å². The third-order valence-electron chi connectivity index (χ3n) is 6.14. The first-order chi connectivity index (χ1) is 14.7. The zero-order valence-electron chi connectivity index (χ0n) is 20.2. The van der Waals surface area contributed by atoms with E-state index in [0.29, 0.717) is 11.5 Å². The predicted octanol–water partition coefficient (Wildman–Crippen LogP) is 8.34. The van der Waals surface area contributed by atoms with Gasteiger partial charge in [0.1, 0.15) is 11.5 Å². The summed E-state index contributed by atoms with van der Waals surface area (Å²) >= 11 is 4.01. The number of aryl methyl sites for hydroxylation is 4. The average Bonchev–Trinajstić information content (AvgIpc) is 2.74. The molecule has 172 valence electrons. The summed E-state index contributed by atoms with van der Waals surface area (Å²) < 4.78 is 0. The number of benzene rings is 2. The maximum atomic E-state index is 10.1. The molecule has 2 aromatic carbocycles. The van der Waals surface area contributed by atoms with E-state index in [9.17, 15) is 10.2 Å². The summed E-state index contributed by atoms with van der Waals surface area (Å²) in [7, 11) is -1.50. The molecule has 2 nitrogen and oxygen atoms in total. The van der Waals surface area contributed by atoms with E-state index in [1.165, 1.54) is 58.3 Å². The van der Waals surface area contributed by atoms with E-state index in [0.717, 1.165) is 22.3 Å². The van der Waals surface area contributed by atoms with Crippen molar-refractivity contribution in [3.8, 4) is 11.5 Å². The molecule has 0 atom stereocenters. The van der Waals surface area contributed by atoms with Gasteiger partial charge in [-0.1, -0.05) is 51.6 Å². The van der Waals surface area contributed by atoms with Gasteiger partial charge in [-0.05, 0) is 85.0 Å². The highest BCUT2D eigenvalue weighted by Crippen LogP contribution is 2.37. The number of unbranched alkanes of at least 4 members (excludes halogenated alkanes) is 2. The van der Waals surface area contributed by atoms with Crippen molar-refractivity contribution in [2.75, 3.05) is 10.8 Å². The predicted molar refractivity (Wildman–Crippen MR) is 142 cm³/mol. The second kappa shape index (κ2) is 12.3. The van der Waals surface area contributed by atoms with Crippen molar-refractivity contribution in [3.63, 3.8) is 0 Å². The van der Waals surface area contributed by atoms with Gasteiger partial charge >= 0.3 is 0 Å². The zero-order valence-corrected chi connectivity index (χ0v) is 22.8. The van der Waals surface area contributed by atoms with Crippen molar-refractivity contribution in [1.29, 1.82) is 0 Å². The van der Waals surface area contributed by atoms with E-state index in [-0.39, 0.29) is 0 Å². The highest BCUT2D eigenvalue weighted by atomic mass is 32.2. The second-order valence-electron chi connectivity index (χ2n) is 9.10. The number of thioether (sulfide) groups is 2. The van der Waals surface area contributed by atoms with Gasteiger partial charge < -0.3 is 10.2 Å². The van der Waals surface area contributed by atoms with Crippen LogP contribution in [-0.4, -0.2) is 29.0 Å². The van der Waals surface area contributed by atoms with Crippen molar-refractivity contribution in [2.24, 2.45) is 0 Å². The van der Waals surface area contributed by atoms with Crippen LogP contribution in [0.2, 0.25) is 12.1 Å². The molecule has 0 radical (unpaired) electrons. The maximum Gasteiger partial charge on any atom is 0.121 e. The number of aromatic hydroxyl groups is 2. The first kappa shape index (κ1) is 26.2. The van der Waals surface area contributed by atoms with Crippen LogP contribution in [0.5, 0.6) is 11.5 Å². The molecule has 0 spiro atoms. The summed E-state index contributed by atoms with van der Waals surface area (Å²) in [5, 5.41) is 22.8. The van der Waals surface area contributed by atoms with Crippen LogP contribution in [-0.2, 0) is 0 Å². The highest BCUT2D eigenvalue weighted by Gasteiger charge is 2.32. The summed E-state index contributed by atoms with van der Waals surface area (Å²) in [5.74, 6) is 0.858. The molecule has 5 heteroatoms. The lowest BCUT2D eigenvalue weighted by atomic mass is 10.1. The van der Waals surface area contributed by atoms with Crippen LogP contribution in [0, 0.1) is 27.7 Å². The van der Waals surface area contributed by atoms with E-state index in [1.807, 2.05) is 51.2 Å². The minimum atomic E-state index is -1.50. The SMILES string of the molecule is CCCC[Si](CCCC)(CSc1cc(C)c(O)c(C)c1)CSc1cc(C)c(O)c(C)c1. The molecular weight excluding hydrogens is 437 g/mol. The summed E-state index contributed by atoms with van der Waals surface area (Å²) in [6, 6.07) is 11.3. The fraction of sp³-hybridized carbons (Fsp3) is 0.538. The van der Waals surface area contributed by atoms with Crippen LogP contribution in [0.25, 0.3) is 0 Å². The Balaban J connectivity index is 2.24. The molecule has 0 aromatic heterocycles. The van der Waals surface area contributed by atoms with Gasteiger partial charge in [-0.25, -0.2) is 0 Å². The Morgan fingerprint density at radius 3 is 1.26 bits per heavy atom. The molecule has 2 aromatic rings. The lowest BCUT2D eigenvalue weighted by Gasteiger charge is -2.32. The van der Waals surface area contributed by atoms with E-state index in [1.54, 1.807) is 0 Å². The minimum Gasteiger partial charge on any atom is -0.507 e. The van der Waals surface area contributed by atoms with E-state index in [2.05, 4.69) is 38.1 Å². The first-order valence-electron chi connectivity index (χ1n) is 11.6. The van der Waals surface area contributed by atoms with Gasteiger partial charge in [0.25, 0.3) is 0 Å². The van der Waals surface area contributed by atoms with Crippen molar-refractivity contribution in [1.82, 2.24) is 0 Å². The number of hydrogen-bond donors (Lipinski definition) is 2. The fourth-order valence-electron chi connectivity index (χ4n) is 4.03. The normalized spacial score (nSPS) is 11.8. The largest absolute Gasteiger partial charge is 0.507 e. The van der Waals surface area contributed by atoms with Crippen LogP contribution < -0.4 is 0 Å². The van der Waals surface area contributed by atoms with Crippen molar-refractivity contribution in [2.45, 2.75) is 89.1 Å². The molecule has 0 saturated carbocycles. The van der Waals surface area contributed by atoms with Gasteiger partial charge in [0.15, 0.2) is 0 Å². The molecule has 0 amide bonds. The highest BCUT2D eigenvalue weighted by molar-refractivity contribution is 8.03. The van der Waals surface area contributed by atoms with Crippen LogP contribution in [0.4, 0.5) is 0 Å². The molecule has 31 heavy (non-hydrogen) atoms. The van der Waals surface area contributed by atoms with Gasteiger partial charge in [0.05, 0.1) is 8.07 Å². The third kappa shape index (κ3) is 7.50. The van der Waals surface area contributed by atoms with Crippen molar-refractivity contribution >= 4 is 31.6 Å². The number of hydrogen-bond acceptors (Lipinski definition) is 4. The van der Waals surface area contributed by atoms with Gasteiger partial charge in [-0.2, -0.15) is 0 Å². The minimum absolute atomic E-state index is 0.429. The standard InChI is InChI=1S/C26H40O2S2Si/c1-7-9-11-31(12-10-8-2,17-29-23-13-19(3)25(27)20(4)14-23)18-30-24-15-21(5)26(28)22(6)16-24/h13-16,27-28H,7-12,17-18H2,1-6H3. The van der Waals surface area contributed by atoms with Gasteiger partial charge in [-0.15, -0.1) is 23.5 Å². The molecule has 0 fully saturated rings. The fourth-order valence-corrected chi connectivity index (χ4v) is 14.7. The molecule has 2 N–H and O–H groups in total. The molecule has 0 aliphatic carbocycles. The third-order valence-corrected chi connectivity index (χ3v) is 16.2. The van der Waals surface area contributed by atoms with Crippen LogP contribution in [0.3, 0.4) is 0 Å². The summed E-state index contributed by atoms with van der Waals surface area (Å²) in [5.41, 5.74) is 3.89. The molecule has 0 aliphatic rings. The Bertz CT molecular complexity index is 749. The van der Waals surface area contributed by atoms with Crippen LogP contribution in [0.1, 0.15) is 61.8 Å². The van der Waals surface area contributed by atoms with E-state index >= 15 is 0 Å². The van der Waals surface area contributed by atoms with Crippen LogP contribution in [0.15, 0.2) is 34.1 Å². The monoisotopic (exact) mass is 476 g/mol. The lowest BCUT2D eigenvalue weighted by Crippen LogP contribution is -2.41. The molecule has 0 saturated heterocycles. The molecule has 0 heterocycles. The topological polar surface area (TPSA) is 40.5 Å². The van der Waals surface area contributed by atoms with Crippen molar-refractivity contribution < 1.29 is 10.2 Å². The Morgan fingerprint density at radius 2 is 0.968 bits per heavy atom. The van der Waals surface area contributed by atoms with Gasteiger partial charge in [0.2, 0.25) is 0 Å². The summed E-state index contributed by atoms with van der Waals surface area (Å²) in [4.78, 5) is 2.58. The van der Waals surface area contributed by atoms with Crippen molar-refractivity contribution in [3.05, 3.63) is 46.5 Å². The van der Waals surface area contributed by atoms with Gasteiger partial charge in [0, 0.05) is 9.79 Å². The smallest absolute Gasteiger partial charge is 0.121 e. The summed E-state index contributed by atoms with van der Waals surface area (Å²) in [6.07, 6.45) is 5.15. The Kier molecular flexibility index (Phi) is 10.4. The Morgan fingerprint density at radius 1 is 0.645 bits per heavy atom. The molecular formula is C26H40O2S2Si. The number of phenols is 2. The van der Waals surface area contributed by atoms with Crippen LogP contribution >= 0.6 is 23.5 Å². The second-order valence-corrected chi connectivity index (χ2v) is 16.9. The molecule has 2 rings (SSSR count). The number of rotatable bonds is 12. The Hall–Kier alpha value is -1.04.